The monoisotopic (exact) mass is 477 g/mol. The molecule has 2 fully saturated rings. The lowest BCUT2D eigenvalue weighted by molar-refractivity contribution is 0.158. The minimum Gasteiger partial charge on any atom is -0.489 e. The summed E-state index contributed by atoms with van der Waals surface area (Å²) in [6.07, 6.45) is 5.59. The van der Waals surface area contributed by atoms with Gasteiger partial charge in [-0.1, -0.05) is 0 Å². The third-order valence-corrected chi connectivity index (χ3v) is 7.34. The van der Waals surface area contributed by atoms with Gasteiger partial charge in [0.25, 0.3) is 0 Å². The highest BCUT2D eigenvalue weighted by molar-refractivity contribution is 5.72. The first-order chi connectivity index (χ1) is 17.0. The number of methoxy groups -OCH3 is 1. The molecule has 0 bridgehead atoms. The molecule has 0 amide bonds. The minimum atomic E-state index is 0.00451. The third kappa shape index (κ3) is 5.31. The average molecular weight is 478 g/mol. The van der Waals surface area contributed by atoms with Crippen LogP contribution in [-0.2, 0) is 0 Å². The topological polar surface area (TPSA) is 74.1 Å². The van der Waals surface area contributed by atoms with Crippen LogP contribution in [0.5, 0.6) is 17.4 Å². The van der Waals surface area contributed by atoms with Gasteiger partial charge in [-0.2, -0.15) is 5.26 Å². The van der Waals surface area contributed by atoms with Crippen molar-refractivity contribution in [3.05, 3.63) is 36.0 Å². The number of nitrogens with zero attached hydrogens (tertiary/aromatic N) is 5. The maximum absolute atomic E-state index is 9.52. The lowest BCUT2D eigenvalue weighted by Gasteiger charge is -2.35. The molecule has 3 aliphatic rings. The highest BCUT2D eigenvalue weighted by Crippen LogP contribution is 2.41. The first-order valence-electron chi connectivity index (χ1n) is 12.6. The SMILES string of the molecule is COc1ncc(N2CC(C)Oc3ccc(O[C@H]4CCN(CC5CCN(C)CC5)C4)cc32)cc1C#N. The van der Waals surface area contributed by atoms with E-state index < -0.39 is 0 Å². The molecular weight excluding hydrogens is 442 g/mol. The summed E-state index contributed by atoms with van der Waals surface area (Å²) in [5, 5.41) is 9.52. The standard InChI is InChI=1S/C27H35N5O3/c1-19-16-32(22-12-21(14-28)27(33-3)29-15-22)25-13-23(4-5-26(25)34-19)35-24-8-11-31(18-24)17-20-6-9-30(2)10-7-20/h4-5,12-13,15,19-20,24H,6-11,16-18H2,1-3H3/t19?,24-/m0/s1. The van der Waals surface area contributed by atoms with Gasteiger partial charge < -0.3 is 24.0 Å². The number of hydrogen-bond acceptors (Lipinski definition) is 8. The van der Waals surface area contributed by atoms with E-state index in [-0.39, 0.29) is 12.2 Å². The number of ether oxygens (including phenoxy) is 3. The van der Waals surface area contributed by atoms with Crippen LogP contribution < -0.4 is 19.1 Å². The lowest BCUT2D eigenvalue weighted by atomic mass is 9.97. The van der Waals surface area contributed by atoms with Gasteiger partial charge in [0.2, 0.25) is 5.88 Å². The molecule has 2 atom stereocenters. The van der Waals surface area contributed by atoms with Crippen LogP contribution in [0.25, 0.3) is 0 Å². The van der Waals surface area contributed by atoms with Gasteiger partial charge in [0.1, 0.15) is 35.3 Å². The van der Waals surface area contributed by atoms with E-state index in [9.17, 15) is 5.26 Å². The molecule has 3 aliphatic heterocycles. The Bertz CT molecular complexity index is 1080. The van der Waals surface area contributed by atoms with Crippen molar-refractivity contribution in [3.8, 4) is 23.4 Å². The second-order valence-corrected chi connectivity index (χ2v) is 10.1. The molecule has 0 N–H and O–H groups in total. The molecule has 0 spiro atoms. The van der Waals surface area contributed by atoms with Crippen LogP contribution >= 0.6 is 0 Å². The van der Waals surface area contributed by atoms with Crippen LogP contribution in [0.15, 0.2) is 30.5 Å². The fraction of sp³-hybridized carbons (Fsp3) is 0.556. The Labute approximate surface area is 208 Å². The fourth-order valence-corrected chi connectivity index (χ4v) is 5.43. The first kappa shape index (κ1) is 23.7. The Hall–Kier alpha value is -3.02. The number of aromatic nitrogens is 1. The smallest absolute Gasteiger partial charge is 0.231 e. The summed E-state index contributed by atoms with van der Waals surface area (Å²) < 4.78 is 17.8. The molecular formula is C27H35N5O3. The molecule has 1 unspecified atom stereocenters. The number of anilines is 2. The second kappa shape index (κ2) is 10.3. The molecule has 2 aromatic rings. The van der Waals surface area contributed by atoms with Crippen molar-refractivity contribution in [1.82, 2.24) is 14.8 Å². The van der Waals surface area contributed by atoms with Gasteiger partial charge in [0.15, 0.2) is 0 Å². The van der Waals surface area contributed by atoms with Crippen molar-refractivity contribution in [2.75, 3.05) is 58.3 Å². The number of rotatable bonds is 6. The van der Waals surface area contributed by atoms with Gasteiger partial charge in [0, 0.05) is 25.7 Å². The highest BCUT2D eigenvalue weighted by Gasteiger charge is 2.29. The Balaban J connectivity index is 1.28. The van der Waals surface area contributed by atoms with Crippen molar-refractivity contribution in [2.45, 2.75) is 38.4 Å². The number of hydrogen-bond donors (Lipinski definition) is 0. The summed E-state index contributed by atoms with van der Waals surface area (Å²) in [6, 6.07) is 10.0. The van der Waals surface area contributed by atoms with Crippen LogP contribution in [0.4, 0.5) is 11.4 Å². The van der Waals surface area contributed by atoms with Gasteiger partial charge in [-0.05, 0) is 70.4 Å². The molecule has 2 saturated heterocycles. The van der Waals surface area contributed by atoms with Gasteiger partial charge in [-0.25, -0.2) is 4.98 Å². The number of nitriles is 1. The van der Waals surface area contributed by atoms with Crippen LogP contribution in [-0.4, -0.2) is 80.4 Å². The van der Waals surface area contributed by atoms with Gasteiger partial charge in [-0.15, -0.1) is 0 Å². The van der Waals surface area contributed by atoms with Gasteiger partial charge in [-0.3, -0.25) is 4.90 Å². The highest BCUT2D eigenvalue weighted by atomic mass is 16.5. The van der Waals surface area contributed by atoms with E-state index in [2.05, 4.69) is 38.9 Å². The number of pyridine rings is 1. The molecule has 0 aliphatic carbocycles. The molecule has 35 heavy (non-hydrogen) atoms. The van der Waals surface area contributed by atoms with E-state index in [1.165, 1.54) is 39.6 Å². The van der Waals surface area contributed by atoms with Crippen LogP contribution in [0, 0.1) is 17.2 Å². The fourth-order valence-electron chi connectivity index (χ4n) is 5.43. The zero-order valence-corrected chi connectivity index (χ0v) is 20.9. The third-order valence-electron chi connectivity index (χ3n) is 7.34. The average Bonchev–Trinajstić information content (AvgIpc) is 3.31. The largest absolute Gasteiger partial charge is 0.489 e. The molecule has 1 aromatic heterocycles. The predicted molar refractivity (Wildman–Crippen MR) is 135 cm³/mol. The normalized spacial score (nSPS) is 23.4. The van der Waals surface area contributed by atoms with Crippen molar-refractivity contribution in [3.63, 3.8) is 0 Å². The zero-order valence-electron chi connectivity index (χ0n) is 20.9. The van der Waals surface area contributed by atoms with E-state index in [1.807, 2.05) is 25.1 Å². The lowest BCUT2D eigenvalue weighted by Crippen LogP contribution is -2.37. The molecule has 5 rings (SSSR count). The molecule has 0 radical (unpaired) electrons. The molecule has 8 nitrogen and oxygen atoms in total. The molecule has 186 valence electrons. The van der Waals surface area contributed by atoms with Crippen molar-refractivity contribution >= 4 is 11.4 Å². The number of piperidine rings is 1. The van der Waals surface area contributed by atoms with Crippen LogP contribution in [0.2, 0.25) is 0 Å². The van der Waals surface area contributed by atoms with Crippen LogP contribution in [0.3, 0.4) is 0 Å². The maximum Gasteiger partial charge on any atom is 0.231 e. The summed E-state index contributed by atoms with van der Waals surface area (Å²) in [5.74, 6) is 2.79. The summed E-state index contributed by atoms with van der Waals surface area (Å²) in [6.45, 7) is 8.39. The molecule has 8 heteroatoms. The van der Waals surface area contributed by atoms with E-state index in [0.717, 1.165) is 48.3 Å². The van der Waals surface area contributed by atoms with Crippen molar-refractivity contribution in [2.24, 2.45) is 5.92 Å². The second-order valence-electron chi connectivity index (χ2n) is 10.1. The summed E-state index contributed by atoms with van der Waals surface area (Å²) in [5.41, 5.74) is 2.17. The van der Waals surface area contributed by atoms with E-state index in [0.29, 0.717) is 18.0 Å². The number of benzene rings is 1. The van der Waals surface area contributed by atoms with Crippen molar-refractivity contribution in [1.29, 1.82) is 5.26 Å². The maximum atomic E-state index is 9.52. The first-order valence-corrected chi connectivity index (χ1v) is 12.6. The van der Waals surface area contributed by atoms with E-state index in [1.54, 1.807) is 6.20 Å². The Morgan fingerprint density at radius 3 is 2.74 bits per heavy atom. The number of likely N-dealkylation sites (tertiary alicyclic amines) is 2. The minimum absolute atomic E-state index is 0.00451. The van der Waals surface area contributed by atoms with E-state index >= 15 is 0 Å². The summed E-state index contributed by atoms with van der Waals surface area (Å²) >= 11 is 0. The molecule has 4 heterocycles. The number of fused-ring (bicyclic) bond motifs is 1. The van der Waals surface area contributed by atoms with Crippen molar-refractivity contribution < 1.29 is 14.2 Å². The molecule has 0 saturated carbocycles. The Kier molecular flexibility index (Phi) is 6.98. The Morgan fingerprint density at radius 1 is 1.14 bits per heavy atom. The predicted octanol–water partition coefficient (Wildman–Crippen LogP) is 3.68. The Morgan fingerprint density at radius 2 is 1.97 bits per heavy atom. The zero-order chi connectivity index (χ0) is 24.4. The quantitative estimate of drug-likeness (QED) is 0.624. The van der Waals surface area contributed by atoms with E-state index in [4.69, 9.17) is 14.2 Å². The summed E-state index contributed by atoms with van der Waals surface area (Å²) in [7, 11) is 3.74. The van der Waals surface area contributed by atoms with Crippen LogP contribution in [0.1, 0.15) is 31.7 Å². The van der Waals surface area contributed by atoms with Gasteiger partial charge >= 0.3 is 0 Å². The molecule has 1 aromatic carbocycles. The van der Waals surface area contributed by atoms with Gasteiger partial charge in [0.05, 0.1) is 31.2 Å². The summed E-state index contributed by atoms with van der Waals surface area (Å²) in [4.78, 5) is 11.5.